The summed E-state index contributed by atoms with van der Waals surface area (Å²) < 4.78 is 33.0. The molecule has 1 fully saturated rings. The number of amides is 1. The van der Waals surface area contributed by atoms with Crippen molar-refractivity contribution in [3.05, 3.63) is 46.4 Å². The molecule has 0 radical (unpaired) electrons. The lowest BCUT2D eigenvalue weighted by atomic mass is 10.2. The van der Waals surface area contributed by atoms with Gasteiger partial charge in [0.15, 0.2) is 0 Å². The smallest absolute Gasteiger partial charge is 0.263 e. The molecule has 1 aliphatic heterocycles. The van der Waals surface area contributed by atoms with E-state index in [1.54, 1.807) is 17.0 Å². The summed E-state index contributed by atoms with van der Waals surface area (Å²) in [6.45, 7) is 0.610. The minimum atomic E-state index is -3.94. The second-order valence-corrected chi connectivity index (χ2v) is 8.13. The zero-order valence-electron chi connectivity index (χ0n) is 13.8. The van der Waals surface area contributed by atoms with Crippen LogP contribution in [0.3, 0.4) is 0 Å². The van der Waals surface area contributed by atoms with Gasteiger partial charge in [-0.15, -0.1) is 0 Å². The van der Waals surface area contributed by atoms with Crippen LogP contribution in [0.25, 0.3) is 0 Å². The number of methoxy groups -OCH3 is 1. The Bertz CT molecular complexity index is 963. The molecule has 2 aromatic carbocycles. The maximum atomic E-state index is 12.6. The molecule has 0 unspecified atom stereocenters. The third kappa shape index (κ3) is 3.60. The predicted octanol–water partition coefficient (Wildman–Crippen LogP) is 3.93. The second-order valence-electron chi connectivity index (χ2n) is 5.69. The molecule has 0 atom stereocenters. The van der Waals surface area contributed by atoms with E-state index in [1.165, 1.54) is 31.4 Å². The summed E-state index contributed by atoms with van der Waals surface area (Å²) in [6, 6.07) is 9.13. The zero-order chi connectivity index (χ0) is 18.9. The Morgan fingerprint density at radius 1 is 1.19 bits per heavy atom. The van der Waals surface area contributed by atoms with Crippen molar-refractivity contribution in [3.63, 3.8) is 0 Å². The van der Waals surface area contributed by atoms with Crippen LogP contribution in [-0.4, -0.2) is 28.0 Å². The third-order valence-electron chi connectivity index (χ3n) is 4.00. The maximum absolute atomic E-state index is 12.6. The number of nitrogens with zero attached hydrogens (tertiary/aromatic N) is 1. The minimum absolute atomic E-state index is 0.0161. The first-order chi connectivity index (χ1) is 12.3. The fourth-order valence-corrected chi connectivity index (χ4v) is 4.58. The minimum Gasteiger partial charge on any atom is -0.494 e. The molecule has 0 aromatic heterocycles. The topological polar surface area (TPSA) is 75.7 Å². The molecular formula is C17H16Cl2N2O4S. The van der Waals surface area contributed by atoms with E-state index in [2.05, 4.69) is 4.72 Å². The molecule has 6 nitrogen and oxygen atoms in total. The molecule has 0 saturated carbocycles. The van der Waals surface area contributed by atoms with Crippen LogP contribution in [0.5, 0.6) is 5.75 Å². The molecule has 0 bridgehead atoms. The van der Waals surface area contributed by atoms with Crippen LogP contribution in [0.2, 0.25) is 10.0 Å². The number of halogens is 2. The largest absolute Gasteiger partial charge is 0.494 e. The number of ether oxygens (including phenoxy) is 1. The Hall–Kier alpha value is -1.96. The van der Waals surface area contributed by atoms with Crippen LogP contribution in [-0.2, 0) is 14.8 Å². The van der Waals surface area contributed by atoms with E-state index < -0.39 is 10.0 Å². The Morgan fingerprint density at radius 3 is 2.62 bits per heavy atom. The van der Waals surface area contributed by atoms with Gasteiger partial charge in [-0.25, -0.2) is 8.42 Å². The van der Waals surface area contributed by atoms with Crippen molar-refractivity contribution >= 4 is 50.5 Å². The van der Waals surface area contributed by atoms with Crippen LogP contribution in [0, 0.1) is 0 Å². The highest BCUT2D eigenvalue weighted by Gasteiger charge is 2.25. The first-order valence-electron chi connectivity index (χ1n) is 7.79. The molecule has 0 aliphatic carbocycles. The van der Waals surface area contributed by atoms with Gasteiger partial charge >= 0.3 is 0 Å². The Morgan fingerprint density at radius 2 is 1.96 bits per heavy atom. The van der Waals surface area contributed by atoms with Gasteiger partial charge in [0.1, 0.15) is 10.6 Å². The Kier molecular flexibility index (Phi) is 5.32. The second kappa shape index (κ2) is 7.34. The summed E-state index contributed by atoms with van der Waals surface area (Å²) in [5.41, 5.74) is 0.895. The lowest BCUT2D eigenvalue weighted by Gasteiger charge is -2.20. The molecule has 0 spiro atoms. The van der Waals surface area contributed by atoms with Crippen molar-refractivity contribution < 1.29 is 17.9 Å². The van der Waals surface area contributed by atoms with Crippen LogP contribution in [0.1, 0.15) is 12.8 Å². The number of rotatable bonds is 5. The lowest BCUT2D eigenvalue weighted by Crippen LogP contribution is -2.24. The molecule has 9 heteroatoms. The molecule has 1 N–H and O–H groups in total. The quantitative estimate of drug-likeness (QED) is 0.803. The van der Waals surface area contributed by atoms with Crippen molar-refractivity contribution in [2.24, 2.45) is 0 Å². The van der Waals surface area contributed by atoms with Crippen LogP contribution in [0.15, 0.2) is 41.3 Å². The summed E-state index contributed by atoms with van der Waals surface area (Å²) in [5, 5.41) is 0.0999. The Balaban J connectivity index is 1.93. The molecule has 1 amide bonds. The molecule has 2 aromatic rings. The summed E-state index contributed by atoms with van der Waals surface area (Å²) in [5.74, 6) is 0.417. The molecule has 1 heterocycles. The summed E-state index contributed by atoms with van der Waals surface area (Å²) in [6.07, 6.45) is 1.27. The van der Waals surface area contributed by atoms with Gasteiger partial charge in [0.05, 0.1) is 28.5 Å². The number of nitrogens with one attached hydrogen (secondary N) is 1. The number of carbonyl (C=O) groups is 1. The van der Waals surface area contributed by atoms with E-state index >= 15 is 0 Å². The summed E-state index contributed by atoms with van der Waals surface area (Å²) in [4.78, 5) is 13.5. The van der Waals surface area contributed by atoms with E-state index in [0.717, 1.165) is 6.42 Å². The molecule has 138 valence electrons. The van der Waals surface area contributed by atoms with E-state index in [1.807, 2.05) is 0 Å². The number of carbonyl (C=O) groups excluding carboxylic acids is 1. The van der Waals surface area contributed by atoms with Crippen molar-refractivity contribution in [2.45, 2.75) is 17.7 Å². The van der Waals surface area contributed by atoms with Gasteiger partial charge < -0.3 is 9.64 Å². The monoisotopic (exact) mass is 414 g/mol. The highest BCUT2D eigenvalue weighted by atomic mass is 35.5. The zero-order valence-corrected chi connectivity index (χ0v) is 16.2. The van der Waals surface area contributed by atoms with E-state index in [0.29, 0.717) is 24.4 Å². The number of sulfonamides is 1. The predicted molar refractivity (Wildman–Crippen MR) is 102 cm³/mol. The Labute approximate surface area is 161 Å². The highest BCUT2D eigenvalue weighted by molar-refractivity contribution is 7.92. The van der Waals surface area contributed by atoms with Gasteiger partial charge in [-0.1, -0.05) is 29.3 Å². The van der Waals surface area contributed by atoms with E-state index in [9.17, 15) is 13.2 Å². The molecule has 3 rings (SSSR count). The fourth-order valence-electron chi connectivity index (χ4n) is 2.77. The molecular weight excluding hydrogens is 399 g/mol. The van der Waals surface area contributed by atoms with Crippen LogP contribution < -0.4 is 14.4 Å². The van der Waals surface area contributed by atoms with Gasteiger partial charge in [0.2, 0.25) is 5.91 Å². The SMILES string of the molecule is COc1cc(NS(=O)(=O)c2cccc(Cl)c2Cl)ccc1N1CCCC1=O. The first-order valence-corrected chi connectivity index (χ1v) is 10.0. The van der Waals surface area contributed by atoms with Gasteiger partial charge in [-0.05, 0) is 30.7 Å². The van der Waals surface area contributed by atoms with Crippen LogP contribution >= 0.6 is 23.2 Å². The van der Waals surface area contributed by atoms with Gasteiger partial charge in [-0.3, -0.25) is 9.52 Å². The normalized spacial score (nSPS) is 14.6. The van der Waals surface area contributed by atoms with Gasteiger partial charge in [0, 0.05) is 19.0 Å². The fraction of sp³-hybridized carbons (Fsp3) is 0.235. The van der Waals surface area contributed by atoms with Crippen molar-refractivity contribution in [1.29, 1.82) is 0 Å². The molecule has 1 aliphatic rings. The summed E-state index contributed by atoms with van der Waals surface area (Å²) in [7, 11) is -2.47. The van der Waals surface area contributed by atoms with Gasteiger partial charge in [0.25, 0.3) is 10.0 Å². The standard InChI is InChI=1S/C17H16Cl2N2O4S/c1-25-14-10-11(7-8-13(14)21-9-3-6-16(21)22)20-26(23,24)15-5-2-4-12(18)17(15)19/h2,4-5,7-8,10,20H,3,6,9H2,1H3. The average molecular weight is 415 g/mol. The van der Waals surface area contributed by atoms with Crippen molar-refractivity contribution in [2.75, 3.05) is 23.3 Å². The molecule has 1 saturated heterocycles. The van der Waals surface area contributed by atoms with E-state index in [-0.39, 0.29) is 26.5 Å². The van der Waals surface area contributed by atoms with Gasteiger partial charge in [-0.2, -0.15) is 0 Å². The average Bonchev–Trinajstić information content (AvgIpc) is 3.02. The number of benzene rings is 2. The highest BCUT2D eigenvalue weighted by Crippen LogP contribution is 2.35. The molecule has 26 heavy (non-hydrogen) atoms. The third-order valence-corrected chi connectivity index (χ3v) is 6.36. The van der Waals surface area contributed by atoms with Crippen molar-refractivity contribution in [3.8, 4) is 5.75 Å². The number of hydrogen-bond donors (Lipinski definition) is 1. The van der Waals surface area contributed by atoms with E-state index in [4.69, 9.17) is 27.9 Å². The first kappa shape index (κ1) is 18.8. The maximum Gasteiger partial charge on any atom is 0.263 e. The summed E-state index contributed by atoms with van der Waals surface area (Å²) >= 11 is 11.9. The number of anilines is 2. The van der Waals surface area contributed by atoms with Crippen LogP contribution in [0.4, 0.5) is 11.4 Å². The lowest BCUT2D eigenvalue weighted by molar-refractivity contribution is -0.117. The number of hydrogen-bond acceptors (Lipinski definition) is 4. The van der Waals surface area contributed by atoms with Crippen molar-refractivity contribution in [1.82, 2.24) is 0 Å².